The number of carbonyl (C=O) groups excluding carboxylic acids is 1. The number of nitrogens with zero attached hydrogens (tertiary/aromatic N) is 4. The minimum absolute atomic E-state index is 0.194. The number of aryl methyl sites for hydroxylation is 1. The topological polar surface area (TPSA) is 63.1 Å². The lowest BCUT2D eigenvalue weighted by Crippen LogP contribution is -2.47. The van der Waals surface area contributed by atoms with Gasteiger partial charge >= 0.3 is 0 Å². The predicted molar refractivity (Wildman–Crippen MR) is 79.7 cm³/mol. The second-order valence-electron chi connectivity index (χ2n) is 6.50. The fourth-order valence-electron chi connectivity index (χ4n) is 3.66. The molecule has 6 nitrogen and oxygen atoms in total. The van der Waals surface area contributed by atoms with E-state index in [1.165, 1.54) is 0 Å². The van der Waals surface area contributed by atoms with Crippen LogP contribution in [-0.2, 0) is 11.8 Å². The number of amides is 1. The lowest BCUT2D eigenvalue weighted by atomic mass is 9.90. The van der Waals surface area contributed by atoms with Gasteiger partial charge in [0.1, 0.15) is 12.2 Å². The van der Waals surface area contributed by atoms with Crippen LogP contribution in [0.4, 0.5) is 0 Å². The highest BCUT2D eigenvalue weighted by atomic mass is 16.2. The highest BCUT2D eigenvalue weighted by Gasteiger charge is 2.32. The summed E-state index contributed by atoms with van der Waals surface area (Å²) in [5, 5.41) is 11.6. The maximum atomic E-state index is 12.8. The van der Waals surface area contributed by atoms with Gasteiger partial charge in [-0.25, -0.2) is 0 Å². The van der Waals surface area contributed by atoms with Crippen molar-refractivity contribution in [2.24, 2.45) is 13.0 Å². The molecule has 0 aromatic carbocycles. The molecule has 2 aliphatic rings. The Labute approximate surface area is 125 Å². The molecule has 21 heavy (non-hydrogen) atoms. The molecule has 6 heteroatoms. The molecule has 0 aliphatic carbocycles. The van der Waals surface area contributed by atoms with Crippen molar-refractivity contribution in [1.29, 1.82) is 0 Å². The van der Waals surface area contributed by atoms with Gasteiger partial charge in [-0.2, -0.15) is 0 Å². The maximum absolute atomic E-state index is 12.8. The average molecular weight is 291 g/mol. The minimum Gasteiger partial charge on any atom is -0.342 e. The van der Waals surface area contributed by atoms with Gasteiger partial charge in [0.05, 0.1) is 0 Å². The molecule has 0 saturated carbocycles. The number of hydrogen-bond acceptors (Lipinski definition) is 4. The Morgan fingerprint density at radius 1 is 1.43 bits per heavy atom. The molecule has 2 saturated heterocycles. The molecule has 2 aliphatic heterocycles. The van der Waals surface area contributed by atoms with Crippen LogP contribution in [0.2, 0.25) is 0 Å². The molecule has 3 heterocycles. The lowest BCUT2D eigenvalue weighted by Gasteiger charge is -2.36. The molecule has 0 bridgehead atoms. The van der Waals surface area contributed by atoms with Crippen LogP contribution in [0.15, 0.2) is 6.33 Å². The van der Waals surface area contributed by atoms with E-state index in [4.69, 9.17) is 0 Å². The molecular formula is C15H25N5O. The van der Waals surface area contributed by atoms with Crippen LogP contribution in [0, 0.1) is 5.92 Å². The zero-order chi connectivity index (χ0) is 14.8. The van der Waals surface area contributed by atoms with Crippen LogP contribution in [0.3, 0.4) is 0 Å². The Kier molecular flexibility index (Phi) is 4.24. The Morgan fingerprint density at radius 2 is 2.29 bits per heavy atom. The second-order valence-corrected chi connectivity index (χ2v) is 6.50. The fourth-order valence-corrected chi connectivity index (χ4v) is 3.66. The second kappa shape index (κ2) is 6.13. The van der Waals surface area contributed by atoms with Crippen molar-refractivity contribution in [3.05, 3.63) is 12.2 Å². The highest BCUT2D eigenvalue weighted by Crippen LogP contribution is 2.27. The first-order valence-corrected chi connectivity index (χ1v) is 8.01. The number of rotatable bonds is 2. The van der Waals surface area contributed by atoms with Crippen molar-refractivity contribution < 1.29 is 4.79 Å². The molecule has 1 aromatic heterocycles. The molecule has 3 unspecified atom stereocenters. The van der Waals surface area contributed by atoms with Gasteiger partial charge in [-0.1, -0.05) is 0 Å². The Balaban J connectivity index is 1.65. The highest BCUT2D eigenvalue weighted by molar-refractivity contribution is 5.79. The van der Waals surface area contributed by atoms with Crippen molar-refractivity contribution in [3.63, 3.8) is 0 Å². The Bertz CT molecular complexity index is 500. The zero-order valence-electron chi connectivity index (χ0n) is 13.0. The number of nitrogens with one attached hydrogen (secondary N) is 1. The third kappa shape index (κ3) is 3.10. The summed E-state index contributed by atoms with van der Waals surface area (Å²) in [6.45, 7) is 4.81. The van der Waals surface area contributed by atoms with Crippen molar-refractivity contribution in [1.82, 2.24) is 25.0 Å². The number of hydrogen-bond donors (Lipinski definition) is 1. The van der Waals surface area contributed by atoms with Crippen molar-refractivity contribution in [2.45, 2.75) is 44.6 Å². The first kappa shape index (κ1) is 14.5. The van der Waals surface area contributed by atoms with Gasteiger partial charge in [0.2, 0.25) is 5.91 Å². The van der Waals surface area contributed by atoms with Gasteiger partial charge in [-0.3, -0.25) is 4.79 Å². The first-order valence-electron chi connectivity index (χ1n) is 8.01. The minimum atomic E-state index is 0.194. The molecule has 1 aromatic rings. The molecule has 3 atom stereocenters. The van der Waals surface area contributed by atoms with Crippen LogP contribution in [0.5, 0.6) is 0 Å². The van der Waals surface area contributed by atoms with E-state index in [9.17, 15) is 4.79 Å². The van der Waals surface area contributed by atoms with Gasteiger partial charge in [0.15, 0.2) is 0 Å². The first-order chi connectivity index (χ1) is 10.1. The smallest absolute Gasteiger partial charge is 0.225 e. The Morgan fingerprint density at radius 3 is 3.00 bits per heavy atom. The van der Waals surface area contributed by atoms with Gasteiger partial charge in [0.25, 0.3) is 0 Å². The number of carbonyl (C=O) groups is 1. The molecular weight excluding hydrogens is 266 g/mol. The predicted octanol–water partition coefficient (Wildman–Crippen LogP) is 0.909. The molecule has 1 amide bonds. The molecule has 0 radical (unpaired) electrons. The quantitative estimate of drug-likeness (QED) is 0.880. The van der Waals surface area contributed by atoms with Crippen LogP contribution in [0.1, 0.15) is 44.3 Å². The van der Waals surface area contributed by atoms with Crippen molar-refractivity contribution in [3.8, 4) is 0 Å². The number of likely N-dealkylation sites (tertiary alicyclic amines) is 1. The standard InChI is InChI=1S/C15H25N5O/c1-11-8-12(5-6-16-11)15(21)20-7-3-4-13(9-20)14-18-17-10-19(14)2/h10-13,16H,3-9H2,1-2H3. The van der Waals surface area contributed by atoms with Crippen LogP contribution >= 0.6 is 0 Å². The van der Waals surface area contributed by atoms with Crippen LogP contribution < -0.4 is 5.32 Å². The molecule has 116 valence electrons. The third-order valence-corrected chi connectivity index (χ3v) is 4.82. The molecule has 2 fully saturated rings. The third-order valence-electron chi connectivity index (χ3n) is 4.82. The average Bonchev–Trinajstić information content (AvgIpc) is 2.93. The summed E-state index contributed by atoms with van der Waals surface area (Å²) in [5.74, 6) is 1.87. The van der Waals surface area contributed by atoms with Gasteiger partial charge < -0.3 is 14.8 Å². The van der Waals surface area contributed by atoms with E-state index in [0.29, 0.717) is 17.9 Å². The summed E-state index contributed by atoms with van der Waals surface area (Å²) in [6, 6.07) is 0.451. The van der Waals surface area contributed by atoms with E-state index in [-0.39, 0.29) is 5.92 Å². The lowest BCUT2D eigenvalue weighted by molar-refractivity contribution is -0.138. The number of piperidine rings is 2. The van der Waals surface area contributed by atoms with E-state index < -0.39 is 0 Å². The van der Waals surface area contributed by atoms with Crippen molar-refractivity contribution in [2.75, 3.05) is 19.6 Å². The normalized spacial score (nSPS) is 30.4. The van der Waals surface area contributed by atoms with Crippen LogP contribution in [0.25, 0.3) is 0 Å². The van der Waals surface area contributed by atoms with E-state index >= 15 is 0 Å². The summed E-state index contributed by atoms with van der Waals surface area (Å²) in [5.41, 5.74) is 0. The zero-order valence-corrected chi connectivity index (χ0v) is 13.0. The van der Waals surface area contributed by atoms with Crippen LogP contribution in [-0.4, -0.2) is 51.2 Å². The molecule has 1 N–H and O–H groups in total. The molecule has 3 rings (SSSR count). The Hall–Kier alpha value is -1.43. The monoisotopic (exact) mass is 291 g/mol. The summed E-state index contributed by atoms with van der Waals surface area (Å²) in [6.07, 6.45) is 5.82. The summed E-state index contributed by atoms with van der Waals surface area (Å²) in [4.78, 5) is 14.8. The maximum Gasteiger partial charge on any atom is 0.225 e. The SMILES string of the molecule is CC1CC(C(=O)N2CCCC(c3nncn3C)C2)CCN1. The van der Waals surface area contributed by atoms with E-state index in [2.05, 4.69) is 27.3 Å². The van der Waals surface area contributed by atoms with Gasteiger partial charge in [0, 0.05) is 38.0 Å². The van der Waals surface area contributed by atoms with E-state index in [1.54, 1.807) is 6.33 Å². The summed E-state index contributed by atoms with van der Waals surface area (Å²) < 4.78 is 1.98. The summed E-state index contributed by atoms with van der Waals surface area (Å²) in [7, 11) is 1.98. The largest absolute Gasteiger partial charge is 0.342 e. The van der Waals surface area contributed by atoms with E-state index in [0.717, 1.165) is 51.1 Å². The summed E-state index contributed by atoms with van der Waals surface area (Å²) >= 11 is 0. The number of aromatic nitrogens is 3. The van der Waals surface area contributed by atoms with Gasteiger partial charge in [-0.15, -0.1) is 10.2 Å². The fraction of sp³-hybridized carbons (Fsp3) is 0.800. The van der Waals surface area contributed by atoms with Gasteiger partial charge in [-0.05, 0) is 39.2 Å². The van der Waals surface area contributed by atoms with E-state index in [1.807, 2.05) is 11.6 Å². The molecule has 0 spiro atoms. The van der Waals surface area contributed by atoms with Crippen molar-refractivity contribution >= 4 is 5.91 Å².